The first kappa shape index (κ1) is 41.3. The van der Waals surface area contributed by atoms with Crippen LogP contribution in [0.1, 0.15) is 110 Å². The van der Waals surface area contributed by atoms with Crippen molar-refractivity contribution in [1.29, 1.82) is 0 Å². The summed E-state index contributed by atoms with van der Waals surface area (Å²) >= 11 is 0. The summed E-state index contributed by atoms with van der Waals surface area (Å²) in [7, 11) is 5.48. The lowest BCUT2D eigenvalue weighted by Gasteiger charge is -2.31. The Morgan fingerprint density at radius 2 is 1.34 bits per heavy atom. The van der Waals surface area contributed by atoms with Crippen LogP contribution < -0.4 is 0 Å². The molecule has 0 aromatic carbocycles. The smallest absolute Gasteiger partial charge is 0.362 e. The van der Waals surface area contributed by atoms with Crippen molar-refractivity contribution in [1.82, 2.24) is 0 Å². The number of hydrogen-bond acceptors (Lipinski definition) is 6. The normalized spacial score (nSPS) is 13.8. The van der Waals surface area contributed by atoms with E-state index in [1.54, 1.807) is 0 Å². The molecule has 0 aromatic rings. The number of unbranched alkanes of at least 4 members (excludes halogenated alkanes) is 8. The van der Waals surface area contributed by atoms with Crippen LogP contribution in [0.4, 0.5) is 0 Å². The first-order valence-electron chi connectivity index (χ1n) is 16.7. The van der Waals surface area contributed by atoms with Crippen LogP contribution in [-0.2, 0) is 28.6 Å². The number of quaternary nitrogens is 1. The van der Waals surface area contributed by atoms with Crippen molar-refractivity contribution in [2.45, 2.75) is 122 Å². The average Bonchev–Trinajstić information content (AvgIpc) is 2.96. The van der Waals surface area contributed by atoms with E-state index < -0.39 is 18.1 Å². The Labute approximate surface area is 267 Å². The third-order valence-corrected chi connectivity index (χ3v) is 7.04. The summed E-state index contributed by atoms with van der Waals surface area (Å²) in [4.78, 5) is 36.4. The minimum atomic E-state index is -0.888. The predicted octanol–water partition coefficient (Wildman–Crippen LogP) is 7.73. The zero-order valence-electron chi connectivity index (χ0n) is 28.3. The molecular weight excluding hydrogens is 558 g/mol. The molecule has 0 aliphatic rings. The number of carbonyl (C=O) groups excluding carboxylic acids is 2. The van der Waals surface area contributed by atoms with Crippen molar-refractivity contribution in [3.8, 4) is 0 Å². The first-order valence-corrected chi connectivity index (χ1v) is 16.7. The number of aliphatic carboxylic acids is 1. The molecule has 0 aliphatic carbocycles. The quantitative estimate of drug-likeness (QED) is 0.0314. The standard InChI is InChI=1S/C36H61NO7/c1-6-8-10-12-14-15-16-17-18-19-21-22-24-26-34(38)43-31-32(30-42-29-28-33(36(40)41)37(3,4)5)44-35(39)27-25-23-20-13-11-9-7-2/h8,10,12,14-16,20,23,32-33H,6-7,9,11,13,17-19,21-22,24-31H2,1-5H3/p+1/b10-8+,14-12+,16-15+,23-20+. The molecule has 0 aliphatic heterocycles. The predicted molar refractivity (Wildman–Crippen MR) is 178 cm³/mol. The van der Waals surface area contributed by atoms with Crippen LogP contribution in [0.2, 0.25) is 0 Å². The van der Waals surface area contributed by atoms with E-state index in [9.17, 15) is 19.5 Å². The van der Waals surface area contributed by atoms with Crippen molar-refractivity contribution < 1.29 is 38.2 Å². The van der Waals surface area contributed by atoms with Gasteiger partial charge in [-0.15, -0.1) is 0 Å². The minimum Gasteiger partial charge on any atom is -0.477 e. The Balaban J connectivity index is 4.51. The largest absolute Gasteiger partial charge is 0.477 e. The second-order valence-electron chi connectivity index (χ2n) is 12.1. The van der Waals surface area contributed by atoms with Gasteiger partial charge in [0.05, 0.1) is 34.4 Å². The highest BCUT2D eigenvalue weighted by atomic mass is 16.6. The van der Waals surface area contributed by atoms with Gasteiger partial charge in [0.15, 0.2) is 12.1 Å². The maximum atomic E-state index is 12.5. The average molecular weight is 621 g/mol. The molecule has 0 saturated carbocycles. The van der Waals surface area contributed by atoms with Gasteiger partial charge in [-0.05, 0) is 44.9 Å². The van der Waals surface area contributed by atoms with Gasteiger partial charge < -0.3 is 23.8 Å². The summed E-state index contributed by atoms with van der Waals surface area (Å²) in [5.41, 5.74) is 0. The third kappa shape index (κ3) is 25.8. The molecule has 252 valence electrons. The van der Waals surface area contributed by atoms with Gasteiger partial charge in [-0.25, -0.2) is 4.79 Å². The molecule has 0 fully saturated rings. The second kappa shape index (κ2) is 27.8. The van der Waals surface area contributed by atoms with Gasteiger partial charge in [0.25, 0.3) is 0 Å². The molecule has 0 bridgehead atoms. The molecule has 1 N–H and O–H groups in total. The number of allylic oxidation sites excluding steroid dienone is 8. The zero-order chi connectivity index (χ0) is 32.9. The first-order chi connectivity index (χ1) is 21.1. The molecule has 0 spiro atoms. The van der Waals surface area contributed by atoms with Crippen molar-refractivity contribution in [2.24, 2.45) is 0 Å². The Kier molecular flexibility index (Phi) is 26.1. The number of carbonyl (C=O) groups is 3. The minimum absolute atomic E-state index is 0.0367. The van der Waals surface area contributed by atoms with Crippen LogP contribution in [0, 0.1) is 0 Å². The molecule has 0 heterocycles. The summed E-state index contributed by atoms with van der Waals surface area (Å²) in [6.45, 7) is 4.43. The monoisotopic (exact) mass is 620 g/mol. The molecule has 0 radical (unpaired) electrons. The van der Waals surface area contributed by atoms with E-state index in [0.29, 0.717) is 19.3 Å². The highest BCUT2D eigenvalue weighted by Crippen LogP contribution is 2.11. The van der Waals surface area contributed by atoms with Gasteiger partial charge in [-0.1, -0.05) is 94.6 Å². The van der Waals surface area contributed by atoms with E-state index in [1.165, 1.54) is 12.8 Å². The van der Waals surface area contributed by atoms with Gasteiger partial charge in [0.1, 0.15) is 6.61 Å². The maximum Gasteiger partial charge on any atom is 0.362 e. The van der Waals surface area contributed by atoms with E-state index >= 15 is 0 Å². The molecule has 44 heavy (non-hydrogen) atoms. The van der Waals surface area contributed by atoms with E-state index in [0.717, 1.165) is 57.8 Å². The lowest BCUT2D eigenvalue weighted by Crippen LogP contribution is -2.50. The SMILES string of the molecule is CC/C=C/C=C/C=C/CCCCCCCC(=O)OCC(COCCC(C(=O)O)[N+](C)(C)C)OC(=O)CC/C=C/CCCCC. The highest BCUT2D eigenvalue weighted by molar-refractivity contribution is 5.72. The molecule has 2 atom stereocenters. The molecule has 0 saturated heterocycles. The summed E-state index contributed by atoms with van der Waals surface area (Å²) in [5.74, 6) is -1.58. The van der Waals surface area contributed by atoms with Gasteiger partial charge in [0, 0.05) is 19.3 Å². The van der Waals surface area contributed by atoms with Crippen molar-refractivity contribution in [2.75, 3.05) is 41.0 Å². The topological polar surface area (TPSA) is 99.1 Å². The van der Waals surface area contributed by atoms with Crippen molar-refractivity contribution in [3.05, 3.63) is 48.6 Å². The van der Waals surface area contributed by atoms with E-state index in [1.807, 2.05) is 39.4 Å². The fourth-order valence-corrected chi connectivity index (χ4v) is 4.40. The van der Waals surface area contributed by atoms with E-state index in [2.05, 4.69) is 44.2 Å². The third-order valence-electron chi connectivity index (χ3n) is 7.04. The van der Waals surface area contributed by atoms with Gasteiger partial charge in [0.2, 0.25) is 0 Å². The van der Waals surface area contributed by atoms with E-state index in [-0.39, 0.29) is 42.7 Å². The molecular formula is C36H62NO7+. The number of hydrogen-bond donors (Lipinski definition) is 1. The fourth-order valence-electron chi connectivity index (χ4n) is 4.40. The summed E-state index contributed by atoms with van der Waals surface area (Å²) in [6, 6.07) is -0.621. The molecule has 0 aromatic heterocycles. The highest BCUT2D eigenvalue weighted by Gasteiger charge is 2.31. The number of rotatable bonds is 28. The number of esters is 2. The Morgan fingerprint density at radius 1 is 0.705 bits per heavy atom. The number of nitrogens with zero attached hydrogens (tertiary/aromatic N) is 1. The van der Waals surface area contributed by atoms with Gasteiger partial charge in [-0.3, -0.25) is 9.59 Å². The van der Waals surface area contributed by atoms with Gasteiger partial charge in [-0.2, -0.15) is 0 Å². The van der Waals surface area contributed by atoms with Crippen LogP contribution in [0.3, 0.4) is 0 Å². The van der Waals surface area contributed by atoms with Crippen LogP contribution in [0.15, 0.2) is 48.6 Å². The van der Waals surface area contributed by atoms with Crippen LogP contribution in [0.5, 0.6) is 0 Å². The zero-order valence-corrected chi connectivity index (χ0v) is 28.3. The number of carboxylic acids is 1. The lowest BCUT2D eigenvalue weighted by molar-refractivity contribution is -0.887. The molecule has 0 amide bonds. The molecule has 8 nitrogen and oxygen atoms in total. The molecule has 2 unspecified atom stereocenters. The Morgan fingerprint density at radius 3 is 2.02 bits per heavy atom. The Bertz CT molecular complexity index is 870. The van der Waals surface area contributed by atoms with Crippen LogP contribution in [0.25, 0.3) is 0 Å². The second-order valence-corrected chi connectivity index (χ2v) is 12.1. The number of likely N-dealkylation sites (N-methyl/N-ethyl adjacent to an activating group) is 1. The van der Waals surface area contributed by atoms with Crippen LogP contribution >= 0.6 is 0 Å². The number of ether oxygens (including phenoxy) is 3. The lowest BCUT2D eigenvalue weighted by atomic mass is 10.1. The summed E-state index contributed by atoms with van der Waals surface area (Å²) < 4.78 is 17.0. The van der Waals surface area contributed by atoms with Crippen molar-refractivity contribution in [3.63, 3.8) is 0 Å². The van der Waals surface area contributed by atoms with Crippen LogP contribution in [-0.4, -0.2) is 80.6 Å². The maximum absolute atomic E-state index is 12.5. The Hall–Kier alpha value is -2.71. The van der Waals surface area contributed by atoms with Gasteiger partial charge >= 0.3 is 17.9 Å². The molecule has 0 rings (SSSR count). The van der Waals surface area contributed by atoms with Crippen molar-refractivity contribution >= 4 is 17.9 Å². The summed E-state index contributed by atoms with van der Waals surface area (Å²) in [5, 5.41) is 9.53. The summed E-state index contributed by atoms with van der Waals surface area (Å²) in [6.07, 6.45) is 29.0. The number of carboxylic acid groups (broad SMARTS) is 1. The fraction of sp³-hybridized carbons (Fsp3) is 0.694. The molecule has 8 heteroatoms. The van der Waals surface area contributed by atoms with E-state index in [4.69, 9.17) is 14.2 Å².